The molecule has 0 spiro atoms. The van der Waals surface area contributed by atoms with E-state index in [0.717, 1.165) is 30.2 Å². The quantitative estimate of drug-likeness (QED) is 0.501. The van der Waals surface area contributed by atoms with Gasteiger partial charge in [0.15, 0.2) is 0 Å². The molecule has 0 amide bonds. The van der Waals surface area contributed by atoms with Crippen LogP contribution in [0, 0.1) is 0 Å². The Balaban J connectivity index is 1.60. The molecule has 0 unspecified atom stereocenters. The van der Waals surface area contributed by atoms with Gasteiger partial charge in [-0.3, -0.25) is 0 Å². The summed E-state index contributed by atoms with van der Waals surface area (Å²) in [5, 5.41) is 5.02. The molecule has 148 valence electrons. The summed E-state index contributed by atoms with van der Waals surface area (Å²) in [5.41, 5.74) is 3.12. The summed E-state index contributed by atoms with van der Waals surface area (Å²) < 4.78 is 50.9. The Morgan fingerprint density at radius 1 is 1.14 bits per heavy atom. The number of aromatic nitrogens is 3. The number of aromatic amines is 1. The van der Waals surface area contributed by atoms with E-state index in [1.807, 2.05) is 18.2 Å². The average Bonchev–Trinajstić information content (AvgIpc) is 3.42. The lowest BCUT2D eigenvalue weighted by molar-refractivity contribution is -0.138. The van der Waals surface area contributed by atoms with Gasteiger partial charge in [-0.15, -0.1) is 0 Å². The van der Waals surface area contributed by atoms with E-state index in [2.05, 4.69) is 15.1 Å². The second-order valence-electron chi connectivity index (χ2n) is 7.00. The van der Waals surface area contributed by atoms with Crippen LogP contribution in [0.3, 0.4) is 0 Å². The number of ether oxygens (including phenoxy) is 1. The van der Waals surface area contributed by atoms with Gasteiger partial charge in [-0.25, -0.2) is 0 Å². The molecule has 5 nitrogen and oxygen atoms in total. The zero-order valence-corrected chi connectivity index (χ0v) is 15.4. The molecule has 0 bridgehead atoms. The SMILES string of the molecule is COc1cccc(-c2nc(-c3ccc4[nH]c5c(c4c3)CCC5)no2)c1C(F)(F)F. The summed E-state index contributed by atoms with van der Waals surface area (Å²) in [5.74, 6) is -0.254. The molecule has 0 aliphatic heterocycles. The van der Waals surface area contributed by atoms with Crippen LogP contribution in [-0.4, -0.2) is 22.2 Å². The summed E-state index contributed by atoms with van der Waals surface area (Å²) in [4.78, 5) is 7.66. The van der Waals surface area contributed by atoms with Crippen molar-refractivity contribution in [3.05, 3.63) is 53.2 Å². The third-order valence-electron chi connectivity index (χ3n) is 5.29. The zero-order valence-electron chi connectivity index (χ0n) is 15.4. The maximum atomic E-state index is 13.6. The summed E-state index contributed by atoms with van der Waals surface area (Å²) in [7, 11) is 1.19. The average molecular weight is 399 g/mol. The molecule has 0 saturated carbocycles. The summed E-state index contributed by atoms with van der Waals surface area (Å²) in [6.07, 6.45) is -1.47. The number of nitrogens with one attached hydrogen (secondary N) is 1. The second-order valence-corrected chi connectivity index (χ2v) is 7.00. The van der Waals surface area contributed by atoms with Crippen molar-refractivity contribution in [1.82, 2.24) is 15.1 Å². The predicted molar refractivity (Wildman–Crippen MR) is 101 cm³/mol. The number of methoxy groups -OCH3 is 1. The van der Waals surface area contributed by atoms with Gasteiger partial charge in [-0.05, 0) is 55.2 Å². The fraction of sp³-hybridized carbons (Fsp3) is 0.238. The van der Waals surface area contributed by atoms with Crippen LogP contribution in [0.5, 0.6) is 5.75 Å². The zero-order chi connectivity index (χ0) is 20.2. The lowest BCUT2D eigenvalue weighted by atomic mass is 10.1. The van der Waals surface area contributed by atoms with E-state index >= 15 is 0 Å². The highest BCUT2D eigenvalue weighted by molar-refractivity contribution is 5.89. The monoisotopic (exact) mass is 399 g/mol. The molecule has 1 aliphatic rings. The standard InChI is InChI=1S/C21H16F3N3O2/c1-28-17-7-3-5-13(18(17)21(22,23)24)20-26-19(27-29-20)11-8-9-16-14(10-11)12-4-2-6-15(12)25-16/h3,5,7-10,25H,2,4,6H2,1H3. The Bertz CT molecular complexity index is 1220. The molecule has 4 aromatic rings. The number of H-pyrrole nitrogens is 1. The minimum absolute atomic E-state index is 0.203. The molecule has 2 aromatic heterocycles. The van der Waals surface area contributed by atoms with Gasteiger partial charge in [0.1, 0.15) is 11.3 Å². The van der Waals surface area contributed by atoms with Gasteiger partial charge in [0.2, 0.25) is 5.82 Å². The number of benzene rings is 2. The van der Waals surface area contributed by atoms with E-state index in [9.17, 15) is 13.2 Å². The van der Waals surface area contributed by atoms with Crippen LogP contribution in [0.15, 0.2) is 40.9 Å². The maximum absolute atomic E-state index is 13.6. The molecule has 29 heavy (non-hydrogen) atoms. The smallest absolute Gasteiger partial charge is 0.420 e. The Hall–Kier alpha value is -3.29. The number of rotatable bonds is 3. The molecular weight excluding hydrogens is 383 g/mol. The summed E-state index contributed by atoms with van der Waals surface area (Å²) >= 11 is 0. The van der Waals surface area contributed by atoms with E-state index in [0.29, 0.717) is 5.56 Å². The molecule has 0 atom stereocenters. The van der Waals surface area contributed by atoms with Crippen LogP contribution < -0.4 is 4.74 Å². The first kappa shape index (κ1) is 17.8. The van der Waals surface area contributed by atoms with E-state index in [1.165, 1.54) is 36.6 Å². The second kappa shape index (κ2) is 6.37. The molecule has 0 radical (unpaired) electrons. The van der Waals surface area contributed by atoms with Crippen molar-refractivity contribution in [3.8, 4) is 28.6 Å². The van der Waals surface area contributed by atoms with Gasteiger partial charge >= 0.3 is 6.18 Å². The first-order chi connectivity index (χ1) is 14.0. The summed E-state index contributed by atoms with van der Waals surface area (Å²) in [6.45, 7) is 0. The summed E-state index contributed by atoms with van der Waals surface area (Å²) in [6, 6.07) is 9.74. The number of hydrogen-bond donors (Lipinski definition) is 1. The fourth-order valence-corrected chi connectivity index (χ4v) is 4.01. The van der Waals surface area contributed by atoms with Gasteiger partial charge in [0.25, 0.3) is 5.89 Å². The van der Waals surface area contributed by atoms with Crippen LogP contribution in [0.4, 0.5) is 13.2 Å². The minimum atomic E-state index is -4.62. The Morgan fingerprint density at radius 2 is 2.00 bits per heavy atom. The van der Waals surface area contributed by atoms with Crippen LogP contribution >= 0.6 is 0 Å². The van der Waals surface area contributed by atoms with Crippen molar-refractivity contribution in [2.75, 3.05) is 7.11 Å². The minimum Gasteiger partial charge on any atom is -0.496 e. The highest BCUT2D eigenvalue weighted by atomic mass is 19.4. The maximum Gasteiger partial charge on any atom is 0.420 e. The predicted octanol–water partition coefficient (Wildman–Crippen LogP) is 5.40. The van der Waals surface area contributed by atoms with Gasteiger partial charge in [0.05, 0.1) is 12.7 Å². The molecule has 5 rings (SSSR count). The van der Waals surface area contributed by atoms with E-state index in [4.69, 9.17) is 9.26 Å². The first-order valence-electron chi connectivity index (χ1n) is 9.18. The van der Waals surface area contributed by atoms with Crippen LogP contribution in [0.2, 0.25) is 0 Å². The Kier molecular flexibility index (Phi) is 3.90. The number of halogens is 3. The molecule has 1 N–H and O–H groups in total. The fourth-order valence-electron chi connectivity index (χ4n) is 4.01. The van der Waals surface area contributed by atoms with Crippen molar-refractivity contribution >= 4 is 10.9 Å². The van der Waals surface area contributed by atoms with Crippen molar-refractivity contribution in [3.63, 3.8) is 0 Å². The lowest BCUT2D eigenvalue weighted by Crippen LogP contribution is -2.09. The number of nitrogens with zero attached hydrogens (tertiary/aromatic N) is 2. The lowest BCUT2D eigenvalue weighted by Gasteiger charge is -2.14. The van der Waals surface area contributed by atoms with Crippen molar-refractivity contribution in [1.29, 1.82) is 0 Å². The largest absolute Gasteiger partial charge is 0.496 e. The molecule has 0 fully saturated rings. The number of aryl methyl sites for hydroxylation is 2. The highest BCUT2D eigenvalue weighted by Crippen LogP contribution is 2.42. The topological polar surface area (TPSA) is 63.9 Å². The molecule has 0 saturated heterocycles. The van der Waals surface area contributed by atoms with Crippen molar-refractivity contribution in [2.24, 2.45) is 0 Å². The van der Waals surface area contributed by atoms with Gasteiger partial charge < -0.3 is 14.2 Å². The van der Waals surface area contributed by atoms with E-state index in [1.54, 1.807) is 0 Å². The number of alkyl halides is 3. The third-order valence-corrected chi connectivity index (χ3v) is 5.29. The van der Waals surface area contributed by atoms with Crippen LogP contribution in [-0.2, 0) is 19.0 Å². The molecule has 8 heteroatoms. The normalized spacial score (nSPS) is 13.8. The number of hydrogen-bond acceptors (Lipinski definition) is 4. The van der Waals surface area contributed by atoms with Crippen molar-refractivity contribution in [2.45, 2.75) is 25.4 Å². The molecular formula is C21H16F3N3O2. The van der Waals surface area contributed by atoms with Crippen LogP contribution in [0.1, 0.15) is 23.2 Å². The molecule has 2 aromatic carbocycles. The molecule has 1 aliphatic carbocycles. The third kappa shape index (κ3) is 2.86. The molecule has 2 heterocycles. The highest BCUT2D eigenvalue weighted by Gasteiger charge is 2.38. The van der Waals surface area contributed by atoms with Gasteiger partial charge in [0, 0.05) is 22.2 Å². The van der Waals surface area contributed by atoms with Gasteiger partial charge in [-0.1, -0.05) is 11.2 Å². The van der Waals surface area contributed by atoms with E-state index < -0.39 is 11.7 Å². The number of fused-ring (bicyclic) bond motifs is 3. The van der Waals surface area contributed by atoms with Gasteiger partial charge in [-0.2, -0.15) is 18.2 Å². The first-order valence-corrected chi connectivity index (χ1v) is 9.18. The Morgan fingerprint density at radius 3 is 2.79 bits per heavy atom. The van der Waals surface area contributed by atoms with E-state index in [-0.39, 0.29) is 23.0 Å². The van der Waals surface area contributed by atoms with Crippen molar-refractivity contribution < 1.29 is 22.4 Å². The Labute approximate surface area is 163 Å². The van der Waals surface area contributed by atoms with Crippen LogP contribution in [0.25, 0.3) is 33.7 Å².